The van der Waals surface area contributed by atoms with Gasteiger partial charge in [0.2, 0.25) is 0 Å². The van der Waals surface area contributed by atoms with Gasteiger partial charge < -0.3 is 15.8 Å². The summed E-state index contributed by atoms with van der Waals surface area (Å²) in [5.41, 5.74) is 7.03. The first-order valence-electron chi connectivity index (χ1n) is 6.52. The highest BCUT2D eigenvalue weighted by atomic mass is 35.5. The second-order valence-electron chi connectivity index (χ2n) is 5.02. The number of nitrogens with one attached hydrogen (secondary N) is 1. The van der Waals surface area contributed by atoms with Gasteiger partial charge in [-0.1, -0.05) is 18.0 Å². The van der Waals surface area contributed by atoms with Crippen LogP contribution in [-0.4, -0.2) is 19.7 Å². The molecule has 100 valence electrons. The van der Waals surface area contributed by atoms with E-state index in [0.717, 1.165) is 18.7 Å². The van der Waals surface area contributed by atoms with Crippen LogP contribution in [0.4, 0.5) is 5.69 Å². The Morgan fingerprint density at radius 2 is 2.28 bits per heavy atom. The first kappa shape index (κ1) is 13.5. The van der Waals surface area contributed by atoms with Crippen molar-refractivity contribution in [3.8, 4) is 5.75 Å². The fraction of sp³-hybridized carbons (Fsp3) is 0.571. The summed E-state index contributed by atoms with van der Waals surface area (Å²) in [7, 11) is 1.62. The quantitative estimate of drug-likeness (QED) is 0.881. The molecule has 3 N–H and O–H groups in total. The summed E-state index contributed by atoms with van der Waals surface area (Å²) in [6.07, 6.45) is 4.81. The predicted octanol–water partition coefficient (Wildman–Crippen LogP) is 3.28. The van der Waals surface area contributed by atoms with E-state index in [2.05, 4.69) is 5.32 Å². The van der Waals surface area contributed by atoms with Crippen LogP contribution in [0.5, 0.6) is 5.75 Å². The van der Waals surface area contributed by atoms with E-state index in [4.69, 9.17) is 22.1 Å². The van der Waals surface area contributed by atoms with E-state index in [-0.39, 0.29) is 0 Å². The lowest BCUT2D eigenvalue weighted by Gasteiger charge is -2.27. The number of methoxy groups -OCH3 is 1. The molecule has 2 atom stereocenters. The monoisotopic (exact) mass is 268 g/mol. The fourth-order valence-electron chi connectivity index (χ4n) is 2.56. The van der Waals surface area contributed by atoms with Crippen molar-refractivity contribution in [1.29, 1.82) is 0 Å². The minimum Gasteiger partial charge on any atom is -0.495 e. The summed E-state index contributed by atoms with van der Waals surface area (Å²) in [5, 5.41) is 4.07. The molecular weight excluding hydrogens is 248 g/mol. The second kappa shape index (κ2) is 6.30. The molecule has 18 heavy (non-hydrogen) atoms. The van der Waals surface area contributed by atoms with Crippen molar-refractivity contribution >= 4 is 17.3 Å². The van der Waals surface area contributed by atoms with Gasteiger partial charge in [0.1, 0.15) is 5.75 Å². The highest BCUT2D eigenvalue weighted by Crippen LogP contribution is 2.28. The van der Waals surface area contributed by atoms with Gasteiger partial charge in [0.25, 0.3) is 0 Å². The van der Waals surface area contributed by atoms with E-state index >= 15 is 0 Å². The fourth-order valence-corrected chi connectivity index (χ4v) is 2.81. The molecule has 1 saturated carbocycles. The average molecular weight is 269 g/mol. The zero-order chi connectivity index (χ0) is 13.0. The van der Waals surface area contributed by atoms with Crippen molar-refractivity contribution in [2.24, 2.45) is 11.7 Å². The Balaban J connectivity index is 1.88. The first-order valence-corrected chi connectivity index (χ1v) is 6.90. The van der Waals surface area contributed by atoms with Crippen molar-refractivity contribution in [2.75, 3.05) is 19.0 Å². The van der Waals surface area contributed by atoms with Crippen LogP contribution in [0.1, 0.15) is 25.7 Å². The molecule has 0 aliphatic heterocycles. The number of nitrogens with two attached hydrogens (primary N) is 1. The molecule has 0 bridgehead atoms. The summed E-state index contributed by atoms with van der Waals surface area (Å²) in [6.45, 7) is 0.969. The number of anilines is 1. The lowest BCUT2D eigenvalue weighted by Crippen LogP contribution is -2.30. The minimum atomic E-state index is 0.380. The maximum absolute atomic E-state index is 6.09. The van der Waals surface area contributed by atoms with Crippen molar-refractivity contribution in [1.82, 2.24) is 0 Å². The molecule has 3 nitrogen and oxygen atoms in total. The lowest BCUT2D eigenvalue weighted by atomic mass is 9.86. The number of hydrogen-bond acceptors (Lipinski definition) is 3. The Bertz CT molecular complexity index is 397. The van der Waals surface area contributed by atoms with Gasteiger partial charge in [-0.25, -0.2) is 0 Å². The third-order valence-electron chi connectivity index (χ3n) is 3.57. The SMILES string of the molecule is COc1ccc(NCC2CCCC(N)C2)cc1Cl. The Morgan fingerprint density at radius 1 is 1.44 bits per heavy atom. The molecule has 0 saturated heterocycles. The van der Waals surface area contributed by atoms with Crippen LogP contribution in [0.15, 0.2) is 18.2 Å². The molecule has 0 aromatic heterocycles. The number of halogens is 1. The second-order valence-corrected chi connectivity index (χ2v) is 5.43. The first-order chi connectivity index (χ1) is 8.69. The molecule has 0 radical (unpaired) electrons. The summed E-state index contributed by atoms with van der Waals surface area (Å²) in [6, 6.07) is 6.17. The smallest absolute Gasteiger partial charge is 0.137 e. The zero-order valence-corrected chi connectivity index (χ0v) is 11.5. The molecule has 1 aromatic carbocycles. The van der Waals surface area contributed by atoms with Crippen LogP contribution in [0.2, 0.25) is 5.02 Å². The largest absolute Gasteiger partial charge is 0.495 e. The van der Waals surface area contributed by atoms with E-state index in [9.17, 15) is 0 Å². The lowest BCUT2D eigenvalue weighted by molar-refractivity contribution is 0.335. The Hall–Kier alpha value is -0.930. The van der Waals surface area contributed by atoms with Gasteiger partial charge in [0, 0.05) is 18.3 Å². The molecule has 0 heterocycles. The van der Waals surface area contributed by atoms with Gasteiger partial charge in [-0.2, -0.15) is 0 Å². The number of benzene rings is 1. The molecule has 0 spiro atoms. The number of rotatable bonds is 4. The summed E-state index contributed by atoms with van der Waals surface area (Å²) >= 11 is 6.09. The third-order valence-corrected chi connectivity index (χ3v) is 3.87. The van der Waals surface area contributed by atoms with Crippen molar-refractivity contribution < 1.29 is 4.74 Å². The van der Waals surface area contributed by atoms with Gasteiger partial charge >= 0.3 is 0 Å². The standard InChI is InChI=1S/C14H21ClN2O/c1-18-14-6-5-12(8-13(14)15)17-9-10-3-2-4-11(16)7-10/h5-6,8,10-11,17H,2-4,7,9,16H2,1H3. The Kier molecular flexibility index (Phi) is 4.72. The number of ether oxygens (including phenoxy) is 1. The maximum Gasteiger partial charge on any atom is 0.137 e. The van der Waals surface area contributed by atoms with E-state index in [1.165, 1.54) is 19.3 Å². The average Bonchev–Trinajstić information content (AvgIpc) is 2.37. The summed E-state index contributed by atoms with van der Waals surface area (Å²) in [4.78, 5) is 0. The maximum atomic E-state index is 6.09. The van der Waals surface area contributed by atoms with Gasteiger partial charge in [0.05, 0.1) is 12.1 Å². The van der Waals surface area contributed by atoms with Gasteiger partial charge in [-0.05, 0) is 43.4 Å². The van der Waals surface area contributed by atoms with E-state index < -0.39 is 0 Å². The predicted molar refractivity (Wildman–Crippen MR) is 76.4 cm³/mol. The van der Waals surface area contributed by atoms with Crippen LogP contribution in [0.25, 0.3) is 0 Å². The topological polar surface area (TPSA) is 47.3 Å². The molecule has 4 heteroatoms. The van der Waals surface area contributed by atoms with Gasteiger partial charge in [-0.15, -0.1) is 0 Å². The van der Waals surface area contributed by atoms with Gasteiger partial charge in [-0.3, -0.25) is 0 Å². The molecule has 2 rings (SSSR count). The molecule has 1 aliphatic carbocycles. The molecule has 2 unspecified atom stereocenters. The van der Waals surface area contributed by atoms with Crippen LogP contribution in [-0.2, 0) is 0 Å². The van der Waals surface area contributed by atoms with Crippen LogP contribution >= 0.6 is 11.6 Å². The van der Waals surface area contributed by atoms with Crippen molar-refractivity contribution in [3.63, 3.8) is 0 Å². The third kappa shape index (κ3) is 3.53. The van der Waals surface area contributed by atoms with Gasteiger partial charge in [0.15, 0.2) is 0 Å². The van der Waals surface area contributed by atoms with E-state index in [0.29, 0.717) is 22.7 Å². The highest BCUT2D eigenvalue weighted by molar-refractivity contribution is 6.32. The van der Waals surface area contributed by atoms with Crippen LogP contribution < -0.4 is 15.8 Å². The zero-order valence-electron chi connectivity index (χ0n) is 10.8. The molecule has 0 amide bonds. The Labute approximate surface area is 114 Å². The highest BCUT2D eigenvalue weighted by Gasteiger charge is 2.18. The van der Waals surface area contributed by atoms with Crippen LogP contribution in [0.3, 0.4) is 0 Å². The van der Waals surface area contributed by atoms with E-state index in [1.807, 2.05) is 18.2 Å². The minimum absolute atomic E-state index is 0.380. The molecular formula is C14H21ClN2O. The molecule has 1 aliphatic rings. The normalized spacial score (nSPS) is 23.7. The summed E-state index contributed by atoms with van der Waals surface area (Å²) in [5.74, 6) is 1.39. The molecule has 1 aromatic rings. The van der Waals surface area contributed by atoms with Crippen molar-refractivity contribution in [2.45, 2.75) is 31.7 Å². The number of hydrogen-bond donors (Lipinski definition) is 2. The summed E-state index contributed by atoms with van der Waals surface area (Å²) < 4.78 is 5.13. The molecule has 1 fully saturated rings. The van der Waals surface area contributed by atoms with Crippen LogP contribution in [0, 0.1) is 5.92 Å². The van der Waals surface area contributed by atoms with Crippen molar-refractivity contribution in [3.05, 3.63) is 23.2 Å². The Morgan fingerprint density at radius 3 is 2.94 bits per heavy atom. The van der Waals surface area contributed by atoms with E-state index in [1.54, 1.807) is 7.11 Å².